The number of anilines is 1. The van der Waals surface area contributed by atoms with Crippen molar-refractivity contribution in [2.75, 3.05) is 11.9 Å². The van der Waals surface area contributed by atoms with Crippen LogP contribution in [0.4, 0.5) is 5.82 Å². The van der Waals surface area contributed by atoms with E-state index in [9.17, 15) is 9.59 Å². The molecule has 2 rings (SSSR count). The highest BCUT2D eigenvalue weighted by atomic mass is 16.5. The highest BCUT2D eigenvalue weighted by Gasteiger charge is 2.42. The summed E-state index contributed by atoms with van der Waals surface area (Å²) in [7, 11) is 0. The Hall–Kier alpha value is -1.89. The number of rotatable bonds is 6. The van der Waals surface area contributed by atoms with Crippen molar-refractivity contribution in [3.05, 3.63) is 12.3 Å². The summed E-state index contributed by atoms with van der Waals surface area (Å²) in [6.45, 7) is 2.13. The van der Waals surface area contributed by atoms with Crippen molar-refractivity contribution in [2.24, 2.45) is 0 Å². The number of carboxylic acids is 1. The number of aliphatic carboxylic acids is 1. The van der Waals surface area contributed by atoms with Crippen LogP contribution in [-0.4, -0.2) is 39.0 Å². The number of nitrogens with one attached hydrogen (secondary N) is 1. The lowest BCUT2D eigenvalue weighted by atomic mass is 10.0. The molecule has 1 amide bonds. The quantitative estimate of drug-likeness (QED) is 0.818. The van der Waals surface area contributed by atoms with Gasteiger partial charge in [0.15, 0.2) is 5.82 Å². The van der Waals surface area contributed by atoms with Crippen molar-refractivity contribution in [3.8, 4) is 0 Å². The lowest BCUT2D eigenvalue weighted by Crippen LogP contribution is -2.43. The fourth-order valence-electron chi connectivity index (χ4n) is 2.54. The monoisotopic (exact) mass is 281 g/mol. The standard InChI is InChI=1S/C13H19N3O4/c1-2-20-13(6-3-4-7-13)12(19)14-10-5-8-16(15-10)9-11(17)18/h5,8H,2-4,6-7,9H2,1H3,(H,17,18)(H,14,15,19). The third-order valence-electron chi connectivity index (χ3n) is 3.43. The third-order valence-corrected chi connectivity index (χ3v) is 3.43. The summed E-state index contributed by atoms with van der Waals surface area (Å²) in [5.41, 5.74) is -0.759. The molecule has 20 heavy (non-hydrogen) atoms. The highest BCUT2D eigenvalue weighted by Crippen LogP contribution is 2.34. The molecule has 1 heterocycles. The summed E-state index contributed by atoms with van der Waals surface area (Å²) in [6.07, 6.45) is 4.89. The van der Waals surface area contributed by atoms with Gasteiger partial charge in [0.1, 0.15) is 12.1 Å². The van der Waals surface area contributed by atoms with E-state index in [1.165, 1.54) is 10.9 Å². The fourth-order valence-corrected chi connectivity index (χ4v) is 2.54. The second-order valence-electron chi connectivity index (χ2n) is 4.88. The first kappa shape index (κ1) is 14.5. The molecular weight excluding hydrogens is 262 g/mol. The number of ether oxygens (including phenoxy) is 1. The Morgan fingerprint density at radius 1 is 1.50 bits per heavy atom. The maximum absolute atomic E-state index is 12.4. The van der Waals surface area contributed by atoms with Gasteiger partial charge in [-0.1, -0.05) is 0 Å². The summed E-state index contributed by atoms with van der Waals surface area (Å²) >= 11 is 0. The molecule has 2 N–H and O–H groups in total. The maximum atomic E-state index is 12.4. The van der Waals surface area contributed by atoms with Crippen LogP contribution in [0.5, 0.6) is 0 Å². The Bertz CT molecular complexity index is 492. The Morgan fingerprint density at radius 3 is 2.80 bits per heavy atom. The number of aromatic nitrogens is 2. The van der Waals surface area contributed by atoms with E-state index in [0.717, 1.165) is 12.8 Å². The van der Waals surface area contributed by atoms with E-state index >= 15 is 0 Å². The summed E-state index contributed by atoms with van der Waals surface area (Å²) < 4.78 is 6.92. The van der Waals surface area contributed by atoms with Crippen LogP contribution in [-0.2, 0) is 20.9 Å². The molecule has 0 saturated heterocycles. The number of hydrogen-bond donors (Lipinski definition) is 2. The number of carbonyl (C=O) groups is 2. The van der Waals surface area contributed by atoms with Crippen molar-refractivity contribution < 1.29 is 19.4 Å². The molecule has 0 spiro atoms. The molecular formula is C13H19N3O4. The van der Waals surface area contributed by atoms with Crippen molar-refractivity contribution in [1.29, 1.82) is 0 Å². The molecule has 7 nitrogen and oxygen atoms in total. The predicted molar refractivity (Wildman–Crippen MR) is 71.3 cm³/mol. The van der Waals surface area contributed by atoms with Gasteiger partial charge in [0.05, 0.1) is 0 Å². The van der Waals surface area contributed by atoms with Crippen LogP contribution in [0.2, 0.25) is 0 Å². The summed E-state index contributed by atoms with van der Waals surface area (Å²) in [5.74, 6) is -0.827. The first-order valence-electron chi connectivity index (χ1n) is 6.76. The van der Waals surface area contributed by atoms with Gasteiger partial charge in [0.2, 0.25) is 0 Å². The molecule has 0 aliphatic heterocycles. The molecule has 0 bridgehead atoms. The van der Waals surface area contributed by atoms with E-state index in [-0.39, 0.29) is 12.5 Å². The minimum atomic E-state index is -0.979. The van der Waals surface area contributed by atoms with Gasteiger partial charge in [-0.25, -0.2) is 0 Å². The molecule has 110 valence electrons. The van der Waals surface area contributed by atoms with E-state index in [1.54, 1.807) is 6.07 Å². The van der Waals surface area contributed by atoms with Crippen molar-refractivity contribution in [3.63, 3.8) is 0 Å². The number of carboxylic acid groups (broad SMARTS) is 1. The molecule has 1 fully saturated rings. The minimum absolute atomic E-state index is 0.197. The topological polar surface area (TPSA) is 93.5 Å². The van der Waals surface area contributed by atoms with Crippen LogP contribution in [0.1, 0.15) is 32.6 Å². The Balaban J connectivity index is 2.02. The zero-order valence-electron chi connectivity index (χ0n) is 11.5. The molecule has 0 unspecified atom stereocenters. The molecule has 0 aromatic carbocycles. The molecule has 1 aromatic rings. The summed E-state index contributed by atoms with van der Waals surface area (Å²) in [6, 6.07) is 1.58. The van der Waals surface area contributed by atoms with Gasteiger partial charge in [-0.05, 0) is 32.6 Å². The summed E-state index contributed by atoms with van der Waals surface area (Å²) in [5, 5.41) is 15.4. The fraction of sp³-hybridized carbons (Fsp3) is 0.615. The van der Waals surface area contributed by atoms with Crippen molar-refractivity contribution >= 4 is 17.7 Å². The van der Waals surface area contributed by atoms with Gasteiger partial charge in [-0.15, -0.1) is 0 Å². The normalized spacial score (nSPS) is 17.1. The van der Waals surface area contributed by atoms with Crippen LogP contribution < -0.4 is 5.32 Å². The predicted octanol–water partition coefficient (Wildman–Crippen LogP) is 1.26. The Morgan fingerprint density at radius 2 is 2.20 bits per heavy atom. The molecule has 1 aromatic heterocycles. The van der Waals surface area contributed by atoms with Crippen LogP contribution in [0.3, 0.4) is 0 Å². The van der Waals surface area contributed by atoms with E-state index < -0.39 is 11.6 Å². The number of amides is 1. The second-order valence-corrected chi connectivity index (χ2v) is 4.88. The SMILES string of the molecule is CCOC1(C(=O)Nc2ccn(CC(=O)O)n2)CCCC1. The lowest BCUT2D eigenvalue weighted by Gasteiger charge is -2.26. The number of nitrogens with zero attached hydrogens (tertiary/aromatic N) is 2. The molecule has 0 atom stereocenters. The lowest BCUT2D eigenvalue weighted by molar-refractivity contribution is -0.140. The van der Waals surface area contributed by atoms with E-state index in [2.05, 4.69) is 10.4 Å². The molecule has 7 heteroatoms. The smallest absolute Gasteiger partial charge is 0.325 e. The minimum Gasteiger partial charge on any atom is -0.480 e. The summed E-state index contributed by atoms with van der Waals surface area (Å²) in [4.78, 5) is 22.9. The third kappa shape index (κ3) is 3.16. The van der Waals surface area contributed by atoms with Crippen molar-refractivity contribution in [2.45, 2.75) is 44.8 Å². The maximum Gasteiger partial charge on any atom is 0.325 e. The van der Waals surface area contributed by atoms with Gasteiger partial charge >= 0.3 is 5.97 Å². The van der Waals surface area contributed by atoms with Crippen LogP contribution in [0.15, 0.2) is 12.3 Å². The first-order valence-corrected chi connectivity index (χ1v) is 6.76. The van der Waals surface area contributed by atoms with E-state index in [0.29, 0.717) is 25.3 Å². The first-order chi connectivity index (χ1) is 9.55. The van der Waals surface area contributed by atoms with Gasteiger partial charge < -0.3 is 15.2 Å². The molecule has 1 saturated carbocycles. The number of carbonyl (C=O) groups excluding carboxylic acids is 1. The highest BCUT2D eigenvalue weighted by molar-refractivity contribution is 5.96. The molecule has 1 aliphatic carbocycles. The van der Waals surface area contributed by atoms with Gasteiger partial charge in [0.25, 0.3) is 5.91 Å². The zero-order chi connectivity index (χ0) is 14.6. The number of hydrogen-bond acceptors (Lipinski definition) is 4. The second kappa shape index (κ2) is 6.04. The Labute approximate surface area is 116 Å². The average molecular weight is 281 g/mol. The zero-order valence-corrected chi connectivity index (χ0v) is 11.5. The van der Waals surface area contributed by atoms with Crippen LogP contribution in [0, 0.1) is 0 Å². The largest absolute Gasteiger partial charge is 0.480 e. The van der Waals surface area contributed by atoms with Gasteiger partial charge in [-0.3, -0.25) is 14.3 Å². The molecule has 1 aliphatic rings. The van der Waals surface area contributed by atoms with Crippen LogP contribution in [0.25, 0.3) is 0 Å². The average Bonchev–Trinajstić information content (AvgIpc) is 2.99. The van der Waals surface area contributed by atoms with E-state index in [1.807, 2.05) is 6.92 Å². The molecule has 0 radical (unpaired) electrons. The van der Waals surface area contributed by atoms with Crippen molar-refractivity contribution in [1.82, 2.24) is 9.78 Å². The van der Waals surface area contributed by atoms with E-state index in [4.69, 9.17) is 9.84 Å². The Kier molecular flexibility index (Phi) is 4.39. The van der Waals surface area contributed by atoms with Gasteiger partial charge in [0, 0.05) is 18.9 Å². The van der Waals surface area contributed by atoms with Crippen LogP contribution >= 0.6 is 0 Å². The van der Waals surface area contributed by atoms with Gasteiger partial charge in [-0.2, -0.15) is 5.10 Å².